The third-order valence-corrected chi connectivity index (χ3v) is 6.70. The van der Waals surface area contributed by atoms with E-state index < -0.39 is 10.0 Å². The average molecular weight is 433 g/mol. The number of hydrogen-bond donors (Lipinski definition) is 1. The number of carbonyl (C=O) groups excluding carboxylic acids is 1. The lowest BCUT2D eigenvalue weighted by Gasteiger charge is -2.18. The van der Waals surface area contributed by atoms with Crippen LogP contribution < -0.4 is 14.2 Å². The maximum absolute atomic E-state index is 12.8. The number of benzene rings is 2. The Morgan fingerprint density at radius 3 is 2.47 bits per heavy atom. The number of carbonyl (C=O) groups is 1. The Bertz CT molecular complexity index is 1010. The monoisotopic (exact) mass is 432 g/mol. The highest BCUT2D eigenvalue weighted by molar-refractivity contribution is 7.89. The van der Waals surface area contributed by atoms with Crippen molar-refractivity contribution in [2.75, 3.05) is 33.4 Å². The zero-order valence-corrected chi connectivity index (χ0v) is 18.4. The lowest BCUT2D eigenvalue weighted by atomic mass is 10.1. The van der Waals surface area contributed by atoms with Gasteiger partial charge in [0.05, 0.1) is 17.6 Å². The highest BCUT2D eigenvalue weighted by atomic mass is 32.2. The highest BCUT2D eigenvalue weighted by Gasteiger charge is 2.25. The smallest absolute Gasteiger partial charge is 0.257 e. The summed E-state index contributed by atoms with van der Waals surface area (Å²) in [6.07, 6.45) is 1.90. The fourth-order valence-electron chi connectivity index (χ4n) is 3.34. The van der Waals surface area contributed by atoms with Crippen molar-refractivity contribution in [2.45, 2.75) is 31.6 Å². The largest absolute Gasteiger partial charge is 0.496 e. The fourth-order valence-corrected chi connectivity index (χ4v) is 4.38. The number of methoxy groups -OCH3 is 1. The zero-order valence-electron chi connectivity index (χ0n) is 17.6. The summed E-state index contributed by atoms with van der Waals surface area (Å²) in [5.74, 6) is 0.851. The van der Waals surface area contributed by atoms with Crippen LogP contribution in [-0.4, -0.2) is 52.6 Å². The van der Waals surface area contributed by atoms with Crippen LogP contribution in [0.25, 0.3) is 0 Å². The molecular formula is C22H28N2O5S. The van der Waals surface area contributed by atoms with Crippen molar-refractivity contribution in [1.82, 2.24) is 9.62 Å². The van der Waals surface area contributed by atoms with Gasteiger partial charge in [-0.2, -0.15) is 0 Å². The van der Waals surface area contributed by atoms with Crippen LogP contribution in [0.2, 0.25) is 0 Å². The van der Waals surface area contributed by atoms with Crippen LogP contribution in [-0.2, 0) is 10.0 Å². The van der Waals surface area contributed by atoms with E-state index in [1.807, 2.05) is 32.0 Å². The van der Waals surface area contributed by atoms with Crippen LogP contribution in [0.15, 0.2) is 41.3 Å². The molecule has 0 atom stereocenters. The van der Waals surface area contributed by atoms with E-state index in [9.17, 15) is 13.2 Å². The number of amides is 1. The van der Waals surface area contributed by atoms with E-state index in [0.717, 1.165) is 18.4 Å². The summed E-state index contributed by atoms with van der Waals surface area (Å²) in [5, 5.41) is 0. The van der Waals surface area contributed by atoms with Gasteiger partial charge >= 0.3 is 0 Å². The molecule has 0 aliphatic carbocycles. The van der Waals surface area contributed by atoms with Crippen molar-refractivity contribution in [3.63, 3.8) is 0 Å². The number of hydrogen-bond acceptors (Lipinski definition) is 5. The van der Waals surface area contributed by atoms with Crippen LogP contribution >= 0.6 is 0 Å². The van der Waals surface area contributed by atoms with Gasteiger partial charge in [0, 0.05) is 19.6 Å². The molecule has 1 saturated heterocycles. The molecule has 0 unspecified atom stereocenters. The molecule has 8 heteroatoms. The number of ether oxygens (including phenoxy) is 2. The molecular weight excluding hydrogens is 404 g/mol. The first kappa shape index (κ1) is 22.1. The lowest BCUT2D eigenvalue weighted by Crippen LogP contribution is -2.30. The van der Waals surface area contributed by atoms with Gasteiger partial charge in [-0.1, -0.05) is 6.07 Å². The Morgan fingerprint density at radius 1 is 1.07 bits per heavy atom. The average Bonchev–Trinajstić information content (AvgIpc) is 3.27. The first-order valence-corrected chi connectivity index (χ1v) is 11.5. The summed E-state index contributed by atoms with van der Waals surface area (Å²) in [7, 11) is -2.33. The molecule has 1 heterocycles. The van der Waals surface area contributed by atoms with Crippen molar-refractivity contribution in [1.29, 1.82) is 0 Å². The van der Waals surface area contributed by atoms with Gasteiger partial charge in [0.25, 0.3) is 5.91 Å². The zero-order chi connectivity index (χ0) is 21.7. The Kier molecular flexibility index (Phi) is 6.99. The minimum atomic E-state index is -3.79. The molecule has 162 valence electrons. The molecule has 30 heavy (non-hydrogen) atoms. The standard InChI is InChI=1S/C22H28N2O5S/c1-16-6-7-18(14-17(16)2)29-13-10-23-30(26,27)19-8-9-21(28-3)20(15-19)22(25)24-11-4-5-12-24/h6-9,14-15,23H,4-5,10-13H2,1-3H3. The maximum atomic E-state index is 12.8. The first-order valence-electron chi connectivity index (χ1n) is 9.99. The molecule has 7 nitrogen and oxygen atoms in total. The molecule has 1 fully saturated rings. The van der Waals surface area contributed by atoms with Crippen molar-refractivity contribution in [3.05, 3.63) is 53.1 Å². The number of nitrogens with zero attached hydrogens (tertiary/aromatic N) is 1. The third-order valence-electron chi connectivity index (χ3n) is 5.25. The van der Waals surface area contributed by atoms with Gasteiger partial charge in [-0.15, -0.1) is 0 Å². The molecule has 0 radical (unpaired) electrons. The molecule has 0 spiro atoms. The summed E-state index contributed by atoms with van der Waals surface area (Å²) >= 11 is 0. The van der Waals surface area contributed by atoms with Crippen LogP contribution in [0.1, 0.15) is 34.3 Å². The van der Waals surface area contributed by atoms with Gasteiger partial charge < -0.3 is 14.4 Å². The Labute approximate surface area is 178 Å². The number of sulfonamides is 1. The minimum Gasteiger partial charge on any atom is -0.496 e. The highest BCUT2D eigenvalue weighted by Crippen LogP contribution is 2.25. The van der Waals surface area contributed by atoms with Crippen molar-refractivity contribution < 1.29 is 22.7 Å². The van der Waals surface area contributed by atoms with Gasteiger partial charge in [0.1, 0.15) is 18.1 Å². The second-order valence-electron chi connectivity index (χ2n) is 7.35. The first-order chi connectivity index (χ1) is 14.3. The summed E-state index contributed by atoms with van der Waals surface area (Å²) in [4.78, 5) is 14.5. The van der Waals surface area contributed by atoms with E-state index in [-0.39, 0.29) is 29.5 Å². The molecule has 0 aromatic heterocycles. The van der Waals surface area contributed by atoms with Crippen LogP contribution in [0.4, 0.5) is 0 Å². The molecule has 0 saturated carbocycles. The van der Waals surface area contributed by atoms with E-state index >= 15 is 0 Å². The number of nitrogens with one attached hydrogen (secondary N) is 1. The quantitative estimate of drug-likeness (QED) is 0.649. The number of rotatable bonds is 8. The van der Waals surface area contributed by atoms with Crippen LogP contribution in [0.5, 0.6) is 11.5 Å². The van der Waals surface area contributed by atoms with Gasteiger partial charge in [-0.05, 0) is 68.1 Å². The predicted octanol–water partition coefficient (Wildman–Crippen LogP) is 2.91. The third kappa shape index (κ3) is 5.12. The van der Waals surface area contributed by atoms with E-state index in [1.165, 1.54) is 30.9 Å². The second-order valence-corrected chi connectivity index (χ2v) is 9.12. The summed E-state index contributed by atoms with van der Waals surface area (Å²) in [6.45, 7) is 5.66. The predicted molar refractivity (Wildman–Crippen MR) is 115 cm³/mol. The Morgan fingerprint density at radius 2 is 1.80 bits per heavy atom. The number of likely N-dealkylation sites (tertiary alicyclic amines) is 1. The van der Waals surface area contributed by atoms with E-state index in [0.29, 0.717) is 24.6 Å². The lowest BCUT2D eigenvalue weighted by molar-refractivity contribution is 0.0789. The van der Waals surface area contributed by atoms with Gasteiger partial charge in [-0.3, -0.25) is 4.79 Å². The molecule has 0 bridgehead atoms. The van der Waals surface area contributed by atoms with Gasteiger partial charge in [0.2, 0.25) is 10.0 Å². The normalized spacial score (nSPS) is 14.0. The Balaban J connectivity index is 1.66. The minimum absolute atomic E-state index is 0.0250. The summed E-state index contributed by atoms with van der Waals surface area (Å²) in [5.41, 5.74) is 2.54. The van der Waals surface area contributed by atoms with Gasteiger partial charge in [0.15, 0.2) is 0 Å². The van der Waals surface area contributed by atoms with Crippen LogP contribution in [0, 0.1) is 13.8 Å². The molecule has 1 N–H and O–H groups in total. The number of aryl methyl sites for hydroxylation is 2. The second kappa shape index (κ2) is 9.49. The van der Waals surface area contributed by atoms with E-state index in [4.69, 9.17) is 9.47 Å². The SMILES string of the molecule is COc1ccc(S(=O)(=O)NCCOc2ccc(C)c(C)c2)cc1C(=O)N1CCCC1. The topological polar surface area (TPSA) is 84.9 Å². The van der Waals surface area contributed by atoms with Crippen molar-refractivity contribution in [3.8, 4) is 11.5 Å². The maximum Gasteiger partial charge on any atom is 0.257 e. The molecule has 1 amide bonds. The molecule has 2 aromatic carbocycles. The van der Waals surface area contributed by atoms with Crippen molar-refractivity contribution in [2.24, 2.45) is 0 Å². The van der Waals surface area contributed by atoms with Gasteiger partial charge in [-0.25, -0.2) is 13.1 Å². The van der Waals surface area contributed by atoms with E-state index in [1.54, 1.807) is 4.90 Å². The van der Waals surface area contributed by atoms with E-state index in [2.05, 4.69) is 4.72 Å². The summed E-state index contributed by atoms with van der Waals surface area (Å²) in [6, 6.07) is 10.1. The Hall–Kier alpha value is -2.58. The fraction of sp³-hybridized carbons (Fsp3) is 0.409. The molecule has 2 aromatic rings. The van der Waals surface area contributed by atoms with Crippen LogP contribution in [0.3, 0.4) is 0 Å². The van der Waals surface area contributed by atoms with Crippen molar-refractivity contribution >= 4 is 15.9 Å². The molecule has 3 rings (SSSR count). The molecule has 1 aliphatic heterocycles. The molecule has 1 aliphatic rings. The summed E-state index contributed by atoms with van der Waals surface area (Å²) < 4.78 is 38.8.